The number of unbranched alkanes of at least 4 members (excludes halogenated alkanes) is 1. The maximum absolute atomic E-state index is 13.8. The SMILES string of the molecule is CCCCOc1ccc(C2/C(=C(\O)c3ccc(OCCC)cc3)C(=O)C(=O)N2c2nnc(SCc3ccccc3Cl)s2)cc1OCC. The van der Waals surface area contributed by atoms with E-state index in [1.165, 1.54) is 28.0 Å². The van der Waals surface area contributed by atoms with Gasteiger partial charge in [-0.25, -0.2) is 0 Å². The molecule has 1 saturated heterocycles. The number of anilines is 1. The zero-order valence-corrected chi connectivity index (χ0v) is 28.8. The Morgan fingerprint density at radius 1 is 0.936 bits per heavy atom. The molecule has 1 fully saturated rings. The van der Waals surface area contributed by atoms with Gasteiger partial charge >= 0.3 is 5.91 Å². The highest BCUT2D eigenvalue weighted by molar-refractivity contribution is 8.00. The average Bonchev–Trinajstić information content (AvgIpc) is 3.65. The molecule has 1 aromatic heterocycles. The minimum atomic E-state index is -1.01. The normalized spacial score (nSPS) is 15.7. The number of hydrogen-bond donors (Lipinski definition) is 1. The number of aromatic nitrogens is 2. The van der Waals surface area contributed by atoms with Gasteiger partial charge in [-0.1, -0.05) is 79.2 Å². The number of rotatable bonds is 15. The lowest BCUT2D eigenvalue weighted by molar-refractivity contribution is -0.132. The zero-order chi connectivity index (χ0) is 33.3. The molecule has 5 rings (SSSR count). The lowest BCUT2D eigenvalue weighted by Crippen LogP contribution is -2.29. The van der Waals surface area contributed by atoms with Gasteiger partial charge in [0.05, 0.1) is 31.4 Å². The molecule has 0 bridgehead atoms. The van der Waals surface area contributed by atoms with E-state index in [1.807, 2.05) is 38.1 Å². The number of nitrogens with zero attached hydrogens (tertiary/aromatic N) is 3. The molecule has 1 N–H and O–H groups in total. The molecule has 3 aromatic carbocycles. The highest BCUT2D eigenvalue weighted by atomic mass is 35.5. The van der Waals surface area contributed by atoms with E-state index in [9.17, 15) is 14.7 Å². The number of Topliss-reactive ketones (excluding diaryl/α,β-unsaturated/α-hetero) is 1. The molecule has 9 nitrogen and oxygen atoms in total. The molecule has 2 heterocycles. The number of aliphatic hydroxyl groups is 1. The van der Waals surface area contributed by atoms with Crippen LogP contribution in [0.25, 0.3) is 5.76 Å². The van der Waals surface area contributed by atoms with Crippen LogP contribution in [0, 0.1) is 0 Å². The Hall–Kier alpha value is -4.06. The number of ketones is 1. The van der Waals surface area contributed by atoms with Crippen molar-refractivity contribution in [1.29, 1.82) is 0 Å². The maximum Gasteiger partial charge on any atom is 0.301 e. The highest BCUT2D eigenvalue weighted by Gasteiger charge is 2.48. The van der Waals surface area contributed by atoms with E-state index < -0.39 is 17.7 Å². The monoisotopic (exact) mass is 693 g/mol. The van der Waals surface area contributed by atoms with E-state index in [2.05, 4.69) is 17.1 Å². The summed E-state index contributed by atoms with van der Waals surface area (Å²) < 4.78 is 18.2. The minimum Gasteiger partial charge on any atom is -0.507 e. The van der Waals surface area contributed by atoms with E-state index in [0.29, 0.717) is 63.3 Å². The van der Waals surface area contributed by atoms with Crippen LogP contribution in [0.3, 0.4) is 0 Å². The lowest BCUT2D eigenvalue weighted by atomic mass is 9.95. The Morgan fingerprint density at radius 2 is 1.72 bits per heavy atom. The number of carbonyl (C=O) groups excluding carboxylic acids is 2. The van der Waals surface area contributed by atoms with E-state index >= 15 is 0 Å². The Labute approximate surface area is 287 Å². The van der Waals surface area contributed by atoms with Crippen molar-refractivity contribution in [1.82, 2.24) is 10.2 Å². The second-order valence-corrected chi connectivity index (χ2v) is 13.2. The molecular weight excluding hydrogens is 658 g/mol. The average molecular weight is 694 g/mol. The smallest absolute Gasteiger partial charge is 0.301 e. The van der Waals surface area contributed by atoms with Crippen LogP contribution in [0.1, 0.15) is 62.8 Å². The van der Waals surface area contributed by atoms with Crippen LogP contribution in [0.5, 0.6) is 17.2 Å². The number of hydrogen-bond acceptors (Lipinski definition) is 10. The number of carbonyl (C=O) groups is 2. The first-order valence-electron chi connectivity index (χ1n) is 15.5. The first-order chi connectivity index (χ1) is 22.9. The predicted octanol–water partition coefficient (Wildman–Crippen LogP) is 8.48. The van der Waals surface area contributed by atoms with Crippen molar-refractivity contribution in [2.45, 2.75) is 56.2 Å². The fraction of sp³-hybridized carbons (Fsp3) is 0.314. The number of benzene rings is 3. The first-order valence-corrected chi connectivity index (χ1v) is 17.7. The number of aliphatic hydroxyl groups excluding tert-OH is 1. The van der Waals surface area contributed by atoms with Crippen LogP contribution in [0.4, 0.5) is 5.13 Å². The third kappa shape index (κ3) is 7.91. The summed E-state index contributed by atoms with van der Waals surface area (Å²) in [6, 6.07) is 18.6. The second kappa shape index (κ2) is 16.2. The molecule has 0 saturated carbocycles. The number of halogens is 1. The van der Waals surface area contributed by atoms with Crippen molar-refractivity contribution < 1.29 is 28.9 Å². The van der Waals surface area contributed by atoms with Crippen LogP contribution < -0.4 is 19.1 Å². The Kier molecular flexibility index (Phi) is 11.8. The molecule has 1 amide bonds. The van der Waals surface area contributed by atoms with Crippen LogP contribution in [0.2, 0.25) is 5.02 Å². The minimum absolute atomic E-state index is 0.0696. The molecule has 246 valence electrons. The van der Waals surface area contributed by atoms with Gasteiger partial charge in [0, 0.05) is 16.3 Å². The largest absolute Gasteiger partial charge is 0.507 e. The summed E-state index contributed by atoms with van der Waals surface area (Å²) in [6.07, 6.45) is 2.70. The van der Waals surface area contributed by atoms with Crippen molar-refractivity contribution in [3.8, 4) is 17.2 Å². The zero-order valence-electron chi connectivity index (χ0n) is 26.4. The lowest BCUT2D eigenvalue weighted by Gasteiger charge is -2.23. The van der Waals surface area contributed by atoms with E-state index in [0.717, 1.165) is 24.8 Å². The Bertz CT molecular complexity index is 1740. The fourth-order valence-corrected chi connectivity index (χ4v) is 7.10. The molecule has 4 aromatic rings. The van der Waals surface area contributed by atoms with Crippen molar-refractivity contribution in [2.24, 2.45) is 0 Å². The third-order valence-corrected chi connectivity index (χ3v) is 9.77. The number of ether oxygens (including phenoxy) is 3. The standard InChI is InChI=1S/C35H36ClN3O6S2/c1-4-7-19-45-27-17-14-23(20-28(27)43-6-3)30-29(31(40)22-12-15-25(16-13-22)44-18-5-2)32(41)33(42)39(30)34-37-38-35(47-34)46-21-24-10-8-9-11-26(24)36/h8-17,20,30,40H,4-7,18-19,21H2,1-3H3/b31-29+. The summed E-state index contributed by atoms with van der Waals surface area (Å²) in [7, 11) is 0. The van der Waals surface area contributed by atoms with Gasteiger partial charge in [-0.05, 0) is 73.4 Å². The van der Waals surface area contributed by atoms with Crippen molar-refractivity contribution in [3.63, 3.8) is 0 Å². The van der Waals surface area contributed by atoms with Crippen molar-refractivity contribution >= 4 is 57.3 Å². The van der Waals surface area contributed by atoms with Crippen LogP contribution in [-0.2, 0) is 15.3 Å². The topological polar surface area (TPSA) is 111 Å². The number of thioether (sulfide) groups is 1. The van der Waals surface area contributed by atoms with Gasteiger partial charge in [0.2, 0.25) is 5.13 Å². The molecule has 47 heavy (non-hydrogen) atoms. The molecule has 1 aliphatic heterocycles. The summed E-state index contributed by atoms with van der Waals surface area (Å²) >= 11 is 8.95. The maximum atomic E-state index is 13.8. The summed E-state index contributed by atoms with van der Waals surface area (Å²) in [5, 5.41) is 21.1. The van der Waals surface area contributed by atoms with Gasteiger partial charge in [-0.3, -0.25) is 14.5 Å². The Morgan fingerprint density at radius 3 is 2.45 bits per heavy atom. The number of amides is 1. The molecular formula is C35H36ClN3O6S2. The molecule has 1 atom stereocenters. The van der Waals surface area contributed by atoms with Gasteiger partial charge in [-0.2, -0.15) is 0 Å². The molecule has 0 radical (unpaired) electrons. The van der Waals surface area contributed by atoms with E-state index in [-0.39, 0.29) is 16.5 Å². The van der Waals surface area contributed by atoms with Gasteiger partial charge in [0.1, 0.15) is 11.5 Å². The Balaban J connectivity index is 1.56. The van der Waals surface area contributed by atoms with E-state index in [1.54, 1.807) is 42.5 Å². The molecule has 0 spiro atoms. The summed E-state index contributed by atoms with van der Waals surface area (Å²) in [6.45, 7) is 7.41. The van der Waals surface area contributed by atoms with Gasteiger partial charge in [0.25, 0.3) is 5.78 Å². The summed E-state index contributed by atoms with van der Waals surface area (Å²) in [5.74, 6) is 0.245. The summed E-state index contributed by atoms with van der Waals surface area (Å²) in [4.78, 5) is 28.8. The highest BCUT2D eigenvalue weighted by Crippen LogP contribution is 2.46. The van der Waals surface area contributed by atoms with Gasteiger partial charge in [-0.15, -0.1) is 10.2 Å². The predicted molar refractivity (Wildman–Crippen MR) is 186 cm³/mol. The molecule has 12 heteroatoms. The second-order valence-electron chi connectivity index (χ2n) is 10.6. The van der Waals surface area contributed by atoms with Crippen LogP contribution in [-0.4, -0.2) is 46.8 Å². The van der Waals surface area contributed by atoms with Gasteiger partial charge < -0.3 is 19.3 Å². The van der Waals surface area contributed by atoms with Crippen molar-refractivity contribution in [2.75, 3.05) is 24.7 Å². The molecule has 1 aliphatic rings. The quantitative estimate of drug-likeness (QED) is 0.0327. The van der Waals surface area contributed by atoms with Crippen LogP contribution in [0.15, 0.2) is 76.6 Å². The van der Waals surface area contributed by atoms with Gasteiger partial charge in [0.15, 0.2) is 15.8 Å². The molecule has 0 aliphatic carbocycles. The van der Waals surface area contributed by atoms with Crippen LogP contribution >= 0.6 is 34.7 Å². The first kappa shape index (κ1) is 34.3. The third-order valence-electron chi connectivity index (χ3n) is 7.29. The molecule has 1 unspecified atom stereocenters. The van der Waals surface area contributed by atoms with Crippen molar-refractivity contribution in [3.05, 3.63) is 94.0 Å². The summed E-state index contributed by atoms with van der Waals surface area (Å²) in [5.41, 5.74) is 1.78. The fourth-order valence-electron chi connectivity index (χ4n) is 4.95. The van der Waals surface area contributed by atoms with E-state index in [4.69, 9.17) is 25.8 Å².